The van der Waals surface area contributed by atoms with E-state index in [0.717, 1.165) is 5.69 Å². The van der Waals surface area contributed by atoms with Gasteiger partial charge in [-0.15, -0.1) is 0 Å². The maximum atomic E-state index is 12.5. The molecule has 0 spiro atoms. The van der Waals surface area contributed by atoms with Crippen molar-refractivity contribution >= 4 is 28.4 Å². The molecule has 0 unspecified atom stereocenters. The van der Waals surface area contributed by atoms with E-state index in [4.69, 9.17) is 5.73 Å². The first-order valence-corrected chi connectivity index (χ1v) is 7.52. The zero-order valence-corrected chi connectivity index (χ0v) is 13.6. The highest BCUT2D eigenvalue weighted by atomic mass is 16.2. The lowest BCUT2D eigenvalue weighted by atomic mass is 10.1. The first-order valence-electron chi connectivity index (χ1n) is 7.52. The predicted octanol–water partition coefficient (Wildman–Crippen LogP) is 2.00. The van der Waals surface area contributed by atoms with E-state index in [-0.39, 0.29) is 17.6 Å². The van der Waals surface area contributed by atoms with Crippen molar-refractivity contribution in [1.82, 2.24) is 20.0 Å². The maximum absolute atomic E-state index is 12.5. The van der Waals surface area contributed by atoms with Gasteiger partial charge in [0.25, 0.3) is 11.8 Å². The van der Waals surface area contributed by atoms with Crippen LogP contribution in [0.15, 0.2) is 24.4 Å². The van der Waals surface area contributed by atoms with Crippen molar-refractivity contribution in [3.63, 3.8) is 0 Å². The van der Waals surface area contributed by atoms with Crippen LogP contribution in [0.1, 0.15) is 46.4 Å². The largest absolute Gasteiger partial charge is 0.364 e. The molecule has 0 fully saturated rings. The van der Waals surface area contributed by atoms with E-state index >= 15 is 0 Å². The Labute approximate surface area is 138 Å². The molecule has 1 aromatic carbocycles. The minimum Gasteiger partial charge on any atom is -0.364 e. The maximum Gasteiger partial charge on any atom is 0.269 e. The van der Waals surface area contributed by atoms with Crippen molar-refractivity contribution in [3.05, 3.63) is 41.3 Å². The average Bonchev–Trinajstić information content (AvgIpc) is 3.10. The van der Waals surface area contributed by atoms with Gasteiger partial charge in [0, 0.05) is 22.8 Å². The molecule has 124 valence electrons. The summed E-state index contributed by atoms with van der Waals surface area (Å²) in [5, 5.41) is 14.2. The van der Waals surface area contributed by atoms with Gasteiger partial charge in [-0.25, -0.2) is 0 Å². The zero-order valence-electron chi connectivity index (χ0n) is 13.6. The predicted molar refractivity (Wildman–Crippen MR) is 89.9 cm³/mol. The molecule has 0 aliphatic heterocycles. The molecule has 4 N–H and O–H groups in total. The average molecular weight is 326 g/mol. The minimum absolute atomic E-state index is 0.143. The van der Waals surface area contributed by atoms with Crippen LogP contribution in [0.5, 0.6) is 0 Å². The number of amides is 2. The third-order valence-corrected chi connectivity index (χ3v) is 3.83. The van der Waals surface area contributed by atoms with Crippen molar-refractivity contribution in [3.8, 4) is 0 Å². The van der Waals surface area contributed by atoms with Crippen LogP contribution in [0.3, 0.4) is 0 Å². The first kappa shape index (κ1) is 15.7. The van der Waals surface area contributed by atoms with Gasteiger partial charge in [-0.1, -0.05) is 0 Å². The van der Waals surface area contributed by atoms with Crippen molar-refractivity contribution in [2.45, 2.75) is 26.8 Å². The second kappa shape index (κ2) is 5.80. The van der Waals surface area contributed by atoms with Crippen LogP contribution in [-0.2, 0) is 0 Å². The number of aromatic amines is 1. The number of H-pyrrole nitrogens is 1. The van der Waals surface area contributed by atoms with Crippen molar-refractivity contribution in [2.24, 2.45) is 5.73 Å². The van der Waals surface area contributed by atoms with Gasteiger partial charge in [0.2, 0.25) is 0 Å². The van der Waals surface area contributed by atoms with E-state index in [2.05, 4.69) is 20.6 Å². The summed E-state index contributed by atoms with van der Waals surface area (Å²) in [6.45, 7) is 5.85. The SMILES string of the molecule is Cc1c(C(=O)Nc2ccc3[nH]nc(C(N)=O)c3c2)cnn1C(C)C. The number of primary amides is 1. The van der Waals surface area contributed by atoms with Crippen molar-refractivity contribution in [2.75, 3.05) is 5.32 Å². The van der Waals surface area contributed by atoms with Gasteiger partial charge < -0.3 is 11.1 Å². The molecule has 3 aromatic rings. The van der Waals surface area contributed by atoms with Crippen LogP contribution in [0, 0.1) is 6.92 Å². The number of nitrogens with zero attached hydrogens (tertiary/aromatic N) is 3. The fraction of sp³-hybridized carbons (Fsp3) is 0.250. The molecule has 0 saturated carbocycles. The number of nitrogens with two attached hydrogens (primary N) is 1. The number of hydrogen-bond acceptors (Lipinski definition) is 4. The highest BCUT2D eigenvalue weighted by molar-refractivity contribution is 6.08. The Morgan fingerprint density at radius 1 is 1.33 bits per heavy atom. The molecule has 8 nitrogen and oxygen atoms in total. The molecule has 2 aromatic heterocycles. The van der Waals surface area contributed by atoms with Crippen molar-refractivity contribution < 1.29 is 9.59 Å². The van der Waals surface area contributed by atoms with Crippen LogP contribution in [0.4, 0.5) is 5.69 Å². The van der Waals surface area contributed by atoms with Crippen LogP contribution in [-0.4, -0.2) is 31.8 Å². The number of aromatic nitrogens is 4. The molecule has 8 heteroatoms. The molecule has 0 aliphatic rings. The first-order chi connectivity index (χ1) is 11.4. The summed E-state index contributed by atoms with van der Waals surface area (Å²) in [6.07, 6.45) is 1.55. The van der Waals surface area contributed by atoms with E-state index in [0.29, 0.717) is 22.2 Å². The van der Waals surface area contributed by atoms with E-state index in [1.807, 2.05) is 20.8 Å². The van der Waals surface area contributed by atoms with Crippen molar-refractivity contribution in [1.29, 1.82) is 0 Å². The highest BCUT2D eigenvalue weighted by Gasteiger charge is 2.17. The molecule has 2 heterocycles. The Bertz CT molecular complexity index is 937. The Morgan fingerprint density at radius 3 is 2.71 bits per heavy atom. The molecule has 0 atom stereocenters. The number of anilines is 1. The number of hydrogen-bond donors (Lipinski definition) is 3. The topological polar surface area (TPSA) is 119 Å². The molecule has 0 bridgehead atoms. The Kier molecular flexibility index (Phi) is 3.80. The second-order valence-electron chi connectivity index (χ2n) is 5.83. The summed E-state index contributed by atoms with van der Waals surface area (Å²) in [4.78, 5) is 23.9. The van der Waals surface area contributed by atoms with Gasteiger partial charge >= 0.3 is 0 Å². The smallest absolute Gasteiger partial charge is 0.269 e. The molecular formula is C16H18N6O2. The van der Waals surface area contributed by atoms with E-state index < -0.39 is 5.91 Å². The summed E-state index contributed by atoms with van der Waals surface area (Å²) in [5.41, 5.74) is 7.96. The zero-order chi connectivity index (χ0) is 17.4. The minimum atomic E-state index is -0.626. The third kappa shape index (κ3) is 2.62. The molecule has 2 amide bonds. The van der Waals surface area contributed by atoms with Crippen LogP contribution < -0.4 is 11.1 Å². The molecule has 0 aliphatic carbocycles. The quantitative estimate of drug-likeness (QED) is 0.679. The van der Waals surface area contributed by atoms with Gasteiger partial charge in [0.05, 0.1) is 17.3 Å². The third-order valence-electron chi connectivity index (χ3n) is 3.83. The van der Waals surface area contributed by atoms with Crippen LogP contribution in [0.2, 0.25) is 0 Å². The standard InChI is InChI=1S/C16H18N6O2/c1-8(2)22-9(3)12(7-18-22)16(24)19-10-4-5-13-11(6-10)14(15(17)23)21-20-13/h4-8H,1-3H3,(H2,17,23)(H,19,24)(H,20,21). The molecule has 0 radical (unpaired) electrons. The monoisotopic (exact) mass is 326 g/mol. The molecule has 24 heavy (non-hydrogen) atoms. The molecular weight excluding hydrogens is 308 g/mol. The number of rotatable bonds is 4. The van der Waals surface area contributed by atoms with E-state index in [1.54, 1.807) is 29.1 Å². The van der Waals surface area contributed by atoms with E-state index in [9.17, 15) is 9.59 Å². The van der Waals surface area contributed by atoms with Crippen LogP contribution in [0.25, 0.3) is 10.9 Å². The Morgan fingerprint density at radius 2 is 2.08 bits per heavy atom. The molecule has 3 rings (SSSR count). The molecule has 0 saturated heterocycles. The Balaban J connectivity index is 1.90. The lowest BCUT2D eigenvalue weighted by Gasteiger charge is -2.09. The number of fused-ring (bicyclic) bond motifs is 1. The fourth-order valence-corrected chi connectivity index (χ4v) is 2.64. The summed E-state index contributed by atoms with van der Waals surface area (Å²) < 4.78 is 1.79. The lowest BCUT2D eigenvalue weighted by Crippen LogP contribution is -2.14. The normalized spacial score (nSPS) is 11.2. The van der Waals surface area contributed by atoms with Gasteiger partial charge in [-0.05, 0) is 39.0 Å². The summed E-state index contributed by atoms with van der Waals surface area (Å²) in [6, 6.07) is 5.30. The number of benzene rings is 1. The van der Waals surface area contributed by atoms with Crippen LogP contribution >= 0.6 is 0 Å². The van der Waals surface area contributed by atoms with Gasteiger partial charge in [-0.2, -0.15) is 10.2 Å². The highest BCUT2D eigenvalue weighted by Crippen LogP contribution is 2.21. The lowest BCUT2D eigenvalue weighted by molar-refractivity contribution is 0.0994. The van der Waals surface area contributed by atoms with Gasteiger partial charge in [0.1, 0.15) is 0 Å². The second-order valence-corrected chi connectivity index (χ2v) is 5.83. The number of carbonyl (C=O) groups is 2. The van der Waals surface area contributed by atoms with Gasteiger partial charge in [-0.3, -0.25) is 19.4 Å². The Hall–Kier alpha value is -3.16. The van der Waals surface area contributed by atoms with Gasteiger partial charge in [0.15, 0.2) is 5.69 Å². The fourth-order valence-electron chi connectivity index (χ4n) is 2.64. The van der Waals surface area contributed by atoms with E-state index in [1.165, 1.54) is 0 Å². The summed E-state index contributed by atoms with van der Waals surface area (Å²) in [7, 11) is 0. The number of carbonyl (C=O) groups excluding carboxylic acids is 2. The summed E-state index contributed by atoms with van der Waals surface area (Å²) in [5.74, 6) is -0.887. The number of nitrogens with one attached hydrogen (secondary N) is 2. The summed E-state index contributed by atoms with van der Waals surface area (Å²) >= 11 is 0.